The number of nitriles is 1. The maximum atomic E-state index is 8.76. The van der Waals surface area contributed by atoms with Gasteiger partial charge in [-0.2, -0.15) is 5.26 Å². The number of nitrogens with one attached hydrogen (secondary N) is 1. The molecule has 0 aliphatic carbocycles. The van der Waals surface area contributed by atoms with Crippen LogP contribution in [0.25, 0.3) is 0 Å². The van der Waals surface area contributed by atoms with Gasteiger partial charge in [-0.3, -0.25) is 0 Å². The molecule has 0 saturated carbocycles. The van der Waals surface area contributed by atoms with E-state index < -0.39 is 0 Å². The van der Waals surface area contributed by atoms with Crippen LogP contribution in [0.3, 0.4) is 0 Å². The quantitative estimate of drug-likeness (QED) is 0.742. The fourth-order valence-corrected chi connectivity index (χ4v) is 1.50. The summed E-state index contributed by atoms with van der Waals surface area (Å²) in [4.78, 5) is 4.10. The van der Waals surface area contributed by atoms with Gasteiger partial charge in [0.2, 0.25) is 0 Å². The van der Waals surface area contributed by atoms with Gasteiger partial charge in [-0.05, 0) is 18.6 Å². The summed E-state index contributed by atoms with van der Waals surface area (Å²) < 4.78 is 5.23. The SMILES string of the molecule is N#Cc1nc(NC2CCOC2)ccc1N. The number of hydrogen-bond donors (Lipinski definition) is 2. The summed E-state index contributed by atoms with van der Waals surface area (Å²) in [5.74, 6) is 0.677. The van der Waals surface area contributed by atoms with E-state index in [2.05, 4.69) is 10.3 Å². The first-order valence-corrected chi connectivity index (χ1v) is 4.80. The molecule has 0 amide bonds. The van der Waals surface area contributed by atoms with Crippen molar-refractivity contribution in [1.29, 1.82) is 5.26 Å². The highest BCUT2D eigenvalue weighted by atomic mass is 16.5. The second-order valence-electron chi connectivity index (χ2n) is 3.45. The summed E-state index contributed by atoms with van der Waals surface area (Å²) in [7, 11) is 0. The number of pyridine rings is 1. The van der Waals surface area contributed by atoms with E-state index in [9.17, 15) is 0 Å². The highest BCUT2D eigenvalue weighted by Gasteiger charge is 2.15. The molecule has 15 heavy (non-hydrogen) atoms. The molecule has 5 nitrogen and oxygen atoms in total. The number of nitrogens with zero attached hydrogens (tertiary/aromatic N) is 2. The standard InChI is InChI=1S/C10H12N4O/c11-5-9-8(12)1-2-10(14-9)13-7-3-4-15-6-7/h1-2,7H,3-4,6,12H2,(H,13,14). The van der Waals surface area contributed by atoms with E-state index in [1.165, 1.54) is 0 Å². The highest BCUT2D eigenvalue weighted by Crippen LogP contribution is 2.15. The molecule has 1 fully saturated rings. The van der Waals surface area contributed by atoms with Crippen LogP contribution >= 0.6 is 0 Å². The van der Waals surface area contributed by atoms with Gasteiger partial charge >= 0.3 is 0 Å². The molecule has 1 aromatic heterocycles. The smallest absolute Gasteiger partial charge is 0.165 e. The molecule has 1 unspecified atom stereocenters. The monoisotopic (exact) mass is 204 g/mol. The van der Waals surface area contributed by atoms with Gasteiger partial charge in [-0.1, -0.05) is 0 Å². The molecule has 3 N–H and O–H groups in total. The van der Waals surface area contributed by atoms with Gasteiger partial charge in [-0.25, -0.2) is 4.98 Å². The average Bonchev–Trinajstić information content (AvgIpc) is 2.73. The number of nitrogens with two attached hydrogens (primary N) is 1. The number of hydrogen-bond acceptors (Lipinski definition) is 5. The minimum absolute atomic E-state index is 0.263. The lowest BCUT2D eigenvalue weighted by Gasteiger charge is -2.11. The Morgan fingerprint density at radius 3 is 3.13 bits per heavy atom. The third-order valence-electron chi connectivity index (χ3n) is 2.31. The van der Waals surface area contributed by atoms with E-state index in [1.807, 2.05) is 6.07 Å². The van der Waals surface area contributed by atoms with Crippen molar-refractivity contribution in [2.45, 2.75) is 12.5 Å². The van der Waals surface area contributed by atoms with Crippen molar-refractivity contribution in [2.24, 2.45) is 0 Å². The lowest BCUT2D eigenvalue weighted by molar-refractivity contribution is 0.195. The molecule has 0 bridgehead atoms. The van der Waals surface area contributed by atoms with E-state index in [4.69, 9.17) is 15.7 Å². The van der Waals surface area contributed by atoms with Crippen molar-refractivity contribution in [3.05, 3.63) is 17.8 Å². The predicted molar refractivity (Wildman–Crippen MR) is 56.2 cm³/mol. The summed E-state index contributed by atoms with van der Waals surface area (Å²) in [5.41, 5.74) is 6.24. The van der Waals surface area contributed by atoms with Gasteiger partial charge in [0.15, 0.2) is 5.69 Å². The largest absolute Gasteiger partial charge is 0.396 e. The van der Waals surface area contributed by atoms with Crippen molar-refractivity contribution < 1.29 is 4.74 Å². The molecule has 1 aliphatic rings. The normalized spacial score (nSPS) is 19.8. The molecule has 0 radical (unpaired) electrons. The van der Waals surface area contributed by atoms with Gasteiger partial charge in [0.25, 0.3) is 0 Å². The first-order chi connectivity index (χ1) is 7.29. The Morgan fingerprint density at radius 2 is 2.47 bits per heavy atom. The Kier molecular flexibility index (Phi) is 2.70. The highest BCUT2D eigenvalue weighted by molar-refractivity contribution is 5.54. The zero-order valence-corrected chi connectivity index (χ0v) is 8.23. The number of rotatable bonds is 2. The summed E-state index contributed by atoms with van der Waals surface area (Å²) >= 11 is 0. The minimum atomic E-state index is 0.263. The number of anilines is 2. The molecule has 2 heterocycles. The minimum Gasteiger partial charge on any atom is -0.396 e. The molecule has 78 valence electrons. The molecule has 1 saturated heterocycles. The second-order valence-corrected chi connectivity index (χ2v) is 3.45. The van der Waals surface area contributed by atoms with Crippen molar-refractivity contribution in [3.8, 4) is 6.07 Å². The third-order valence-corrected chi connectivity index (χ3v) is 2.31. The van der Waals surface area contributed by atoms with Gasteiger partial charge in [0.05, 0.1) is 18.3 Å². The Labute approximate surface area is 87.9 Å². The summed E-state index contributed by atoms with van der Waals surface area (Å²) in [6.45, 7) is 1.46. The third kappa shape index (κ3) is 2.17. The van der Waals surface area contributed by atoms with Crippen LogP contribution < -0.4 is 11.1 Å². The topological polar surface area (TPSA) is 84.0 Å². The fourth-order valence-electron chi connectivity index (χ4n) is 1.50. The van der Waals surface area contributed by atoms with Crippen LogP contribution in [0.5, 0.6) is 0 Å². The van der Waals surface area contributed by atoms with E-state index in [-0.39, 0.29) is 11.7 Å². The van der Waals surface area contributed by atoms with E-state index >= 15 is 0 Å². The van der Waals surface area contributed by atoms with E-state index in [0.717, 1.165) is 13.0 Å². The van der Waals surface area contributed by atoms with Crippen LogP contribution in [0.1, 0.15) is 12.1 Å². The Balaban J connectivity index is 2.11. The zero-order chi connectivity index (χ0) is 10.7. The fraction of sp³-hybridized carbons (Fsp3) is 0.400. The molecule has 0 aromatic carbocycles. The number of ether oxygens (including phenoxy) is 1. The predicted octanol–water partition coefficient (Wildman–Crippen LogP) is 0.736. The van der Waals surface area contributed by atoms with Gasteiger partial charge in [-0.15, -0.1) is 0 Å². The first kappa shape index (κ1) is 9.74. The van der Waals surface area contributed by atoms with Crippen molar-refractivity contribution >= 4 is 11.5 Å². The van der Waals surface area contributed by atoms with Gasteiger partial charge in [0.1, 0.15) is 11.9 Å². The van der Waals surface area contributed by atoms with E-state index in [1.54, 1.807) is 12.1 Å². The van der Waals surface area contributed by atoms with Crippen LogP contribution in [0.4, 0.5) is 11.5 Å². The lowest BCUT2D eigenvalue weighted by atomic mass is 10.2. The Bertz CT molecular complexity index is 393. The van der Waals surface area contributed by atoms with Crippen LogP contribution in [-0.2, 0) is 4.74 Å². The molecule has 1 aliphatic heterocycles. The molecular formula is C10H12N4O. The maximum Gasteiger partial charge on any atom is 0.165 e. The molecule has 0 spiro atoms. The number of aromatic nitrogens is 1. The van der Waals surface area contributed by atoms with Crippen molar-refractivity contribution in [2.75, 3.05) is 24.3 Å². The summed E-state index contributed by atoms with van der Waals surface area (Å²) in [5, 5.41) is 12.0. The van der Waals surface area contributed by atoms with E-state index in [0.29, 0.717) is 18.1 Å². The molecule has 1 aromatic rings. The maximum absolute atomic E-state index is 8.76. The zero-order valence-electron chi connectivity index (χ0n) is 8.23. The van der Waals surface area contributed by atoms with Crippen molar-refractivity contribution in [3.63, 3.8) is 0 Å². The molecule has 1 atom stereocenters. The van der Waals surface area contributed by atoms with Gasteiger partial charge < -0.3 is 15.8 Å². The van der Waals surface area contributed by atoms with Crippen LogP contribution in [0, 0.1) is 11.3 Å². The second kappa shape index (κ2) is 4.15. The summed E-state index contributed by atoms with van der Waals surface area (Å²) in [6, 6.07) is 5.69. The van der Waals surface area contributed by atoms with Crippen LogP contribution in [-0.4, -0.2) is 24.2 Å². The lowest BCUT2D eigenvalue weighted by Crippen LogP contribution is -2.19. The van der Waals surface area contributed by atoms with Crippen LogP contribution in [0.15, 0.2) is 12.1 Å². The molecule has 5 heteroatoms. The number of nitrogen functional groups attached to an aromatic ring is 1. The first-order valence-electron chi connectivity index (χ1n) is 4.80. The van der Waals surface area contributed by atoms with Crippen LogP contribution in [0.2, 0.25) is 0 Å². The van der Waals surface area contributed by atoms with Gasteiger partial charge in [0, 0.05) is 6.61 Å². The Morgan fingerprint density at radius 1 is 1.60 bits per heavy atom. The average molecular weight is 204 g/mol. The molecular weight excluding hydrogens is 192 g/mol. The van der Waals surface area contributed by atoms with Crippen molar-refractivity contribution in [1.82, 2.24) is 4.98 Å². The Hall–Kier alpha value is -1.80. The summed E-state index contributed by atoms with van der Waals surface area (Å²) in [6.07, 6.45) is 0.966. The molecule has 2 rings (SSSR count).